The zero-order valence-corrected chi connectivity index (χ0v) is 19.2. The number of nitrogens with two attached hydrogens (primary N) is 1. The van der Waals surface area contributed by atoms with E-state index >= 15 is 0 Å². The molecule has 33 heavy (non-hydrogen) atoms. The number of para-hydroxylation sites is 2. The molecule has 0 saturated carbocycles. The monoisotopic (exact) mass is 445 g/mol. The van der Waals surface area contributed by atoms with E-state index in [0.29, 0.717) is 12.4 Å². The molecule has 0 aromatic heterocycles. The van der Waals surface area contributed by atoms with Crippen LogP contribution in [-0.2, 0) is 10.2 Å². The van der Waals surface area contributed by atoms with Gasteiger partial charge in [-0.3, -0.25) is 4.79 Å². The summed E-state index contributed by atoms with van der Waals surface area (Å²) in [5.41, 5.74) is 7.28. The van der Waals surface area contributed by atoms with Gasteiger partial charge in [0, 0.05) is 18.8 Å². The molecule has 1 amide bonds. The van der Waals surface area contributed by atoms with Crippen LogP contribution in [0, 0.1) is 5.92 Å². The summed E-state index contributed by atoms with van der Waals surface area (Å²) in [5.74, 6) is 0.488. The smallest absolute Gasteiger partial charge is 0.233 e. The van der Waals surface area contributed by atoms with Crippen LogP contribution >= 0.6 is 0 Å². The molecule has 0 radical (unpaired) electrons. The normalized spacial score (nSPS) is 20.5. The number of rotatable bonds is 9. The molecule has 1 fully saturated rings. The van der Waals surface area contributed by atoms with Gasteiger partial charge in [-0.05, 0) is 23.3 Å². The van der Waals surface area contributed by atoms with Crippen LogP contribution in [0.1, 0.15) is 24.0 Å². The van der Waals surface area contributed by atoms with Crippen molar-refractivity contribution in [1.29, 1.82) is 0 Å². The van der Waals surface area contributed by atoms with Crippen molar-refractivity contribution in [3.8, 4) is 11.5 Å². The van der Waals surface area contributed by atoms with Gasteiger partial charge in [0.15, 0.2) is 11.5 Å². The van der Waals surface area contributed by atoms with Crippen LogP contribution in [0.15, 0.2) is 84.9 Å². The number of nitrogens with zero attached hydrogens (tertiary/aromatic N) is 1. The van der Waals surface area contributed by atoms with Crippen molar-refractivity contribution in [2.75, 3.05) is 33.3 Å². The molecule has 4 rings (SSSR count). The van der Waals surface area contributed by atoms with Crippen LogP contribution in [0.4, 0.5) is 0 Å². The van der Waals surface area contributed by atoms with Crippen molar-refractivity contribution >= 4 is 5.91 Å². The summed E-state index contributed by atoms with van der Waals surface area (Å²) >= 11 is 0. The maximum atomic E-state index is 13.2. The summed E-state index contributed by atoms with van der Waals surface area (Å²) < 4.78 is 6.64. The zero-order chi connectivity index (χ0) is 23.3. The molecule has 0 bridgehead atoms. The summed E-state index contributed by atoms with van der Waals surface area (Å²) in [5, 5.41) is 9.89. The first-order valence-corrected chi connectivity index (χ1v) is 11.6. The Morgan fingerprint density at radius 3 is 2.15 bits per heavy atom. The second kappa shape index (κ2) is 9.67. The number of carbonyl (C=O) groups is 1. The highest BCUT2D eigenvalue weighted by atomic mass is 16.5. The minimum absolute atomic E-state index is 0.101. The van der Waals surface area contributed by atoms with Crippen LogP contribution in [-0.4, -0.2) is 48.8 Å². The zero-order valence-electron chi connectivity index (χ0n) is 19.2. The van der Waals surface area contributed by atoms with Crippen LogP contribution in [0.3, 0.4) is 0 Å². The lowest BCUT2D eigenvalue weighted by Gasteiger charge is -2.38. The summed E-state index contributed by atoms with van der Waals surface area (Å²) in [4.78, 5) is 13.2. The molecule has 0 spiro atoms. The number of benzene rings is 3. The second-order valence-electron chi connectivity index (χ2n) is 9.31. The van der Waals surface area contributed by atoms with Crippen LogP contribution < -0.4 is 10.5 Å². The lowest BCUT2D eigenvalue weighted by Crippen LogP contribution is -2.51. The summed E-state index contributed by atoms with van der Waals surface area (Å²) in [7, 11) is 2.25. The number of phenolic OH excluding ortho intramolecular Hbond substituents is 1. The number of likely N-dealkylation sites (tertiary alicyclic amines) is 1. The first-order chi connectivity index (χ1) is 16.0. The first kappa shape index (κ1) is 22.9. The quantitative estimate of drug-likeness (QED) is 0.385. The van der Waals surface area contributed by atoms with E-state index in [0.717, 1.165) is 48.1 Å². The standard InChI is InChI=1S/C28H32N2O3/c1-30(18-10-20-33-26-16-9-8-15-25(26)31)19-17-24(21-30)28(27(29)32,22-11-4-2-5-12-22)23-13-6-3-7-14-23/h2-9,11-16,24H,10,17-21H2,1H3,(H2-,29,31,32)/p+1/t24-,30?/m1/s1. The Kier molecular flexibility index (Phi) is 6.70. The highest BCUT2D eigenvalue weighted by Crippen LogP contribution is 2.45. The molecule has 0 aliphatic carbocycles. The van der Waals surface area contributed by atoms with Crippen LogP contribution in [0.5, 0.6) is 11.5 Å². The van der Waals surface area contributed by atoms with E-state index in [2.05, 4.69) is 7.05 Å². The predicted molar refractivity (Wildman–Crippen MR) is 130 cm³/mol. The highest BCUT2D eigenvalue weighted by molar-refractivity contribution is 5.91. The lowest BCUT2D eigenvalue weighted by atomic mass is 9.64. The molecule has 3 aromatic rings. The van der Waals surface area contributed by atoms with Gasteiger partial charge < -0.3 is 20.1 Å². The van der Waals surface area contributed by atoms with Crippen molar-refractivity contribution < 1.29 is 19.1 Å². The number of aromatic hydroxyl groups is 1. The maximum Gasteiger partial charge on any atom is 0.233 e. The van der Waals surface area contributed by atoms with Gasteiger partial charge in [0.05, 0.1) is 33.3 Å². The third-order valence-electron chi connectivity index (χ3n) is 7.10. The van der Waals surface area contributed by atoms with Crippen molar-refractivity contribution in [2.24, 2.45) is 11.7 Å². The molecule has 172 valence electrons. The maximum absolute atomic E-state index is 13.2. The van der Waals surface area contributed by atoms with E-state index in [-0.39, 0.29) is 17.6 Å². The third kappa shape index (κ3) is 4.60. The molecular weight excluding hydrogens is 412 g/mol. The number of hydrogen-bond acceptors (Lipinski definition) is 3. The molecule has 3 N–H and O–H groups in total. The summed E-state index contributed by atoms with van der Waals surface area (Å²) in [6.07, 6.45) is 1.78. The Hall–Kier alpha value is -3.31. The Morgan fingerprint density at radius 2 is 1.58 bits per heavy atom. The molecule has 1 aliphatic rings. The fourth-order valence-electron chi connectivity index (χ4n) is 5.47. The fraction of sp³-hybridized carbons (Fsp3) is 0.321. The van der Waals surface area contributed by atoms with E-state index in [1.165, 1.54) is 0 Å². The van der Waals surface area contributed by atoms with Crippen molar-refractivity contribution in [3.05, 3.63) is 96.1 Å². The fourth-order valence-corrected chi connectivity index (χ4v) is 5.47. The van der Waals surface area contributed by atoms with Gasteiger partial charge >= 0.3 is 0 Å². The van der Waals surface area contributed by atoms with E-state index < -0.39 is 5.41 Å². The highest BCUT2D eigenvalue weighted by Gasteiger charge is 2.53. The minimum atomic E-state index is -0.856. The number of phenols is 1. The summed E-state index contributed by atoms with van der Waals surface area (Å²) in [6.45, 7) is 3.32. The van der Waals surface area contributed by atoms with Crippen LogP contribution in [0.25, 0.3) is 0 Å². The largest absolute Gasteiger partial charge is 0.504 e. The Labute approximate surface area is 196 Å². The average Bonchev–Trinajstić information content (AvgIpc) is 3.22. The Morgan fingerprint density at radius 1 is 1.00 bits per heavy atom. The van der Waals surface area contributed by atoms with E-state index in [9.17, 15) is 9.90 Å². The number of ether oxygens (including phenoxy) is 1. The Bertz CT molecular complexity index is 1030. The van der Waals surface area contributed by atoms with Gasteiger partial charge in [-0.25, -0.2) is 0 Å². The number of quaternary nitrogens is 1. The molecule has 5 heteroatoms. The van der Waals surface area contributed by atoms with Crippen molar-refractivity contribution in [3.63, 3.8) is 0 Å². The molecule has 1 saturated heterocycles. The minimum Gasteiger partial charge on any atom is -0.504 e. The van der Waals surface area contributed by atoms with E-state index in [1.807, 2.05) is 66.7 Å². The van der Waals surface area contributed by atoms with Gasteiger partial charge in [0.1, 0.15) is 5.41 Å². The second-order valence-corrected chi connectivity index (χ2v) is 9.31. The molecule has 3 aromatic carbocycles. The number of carbonyl (C=O) groups excluding carboxylic acids is 1. The van der Waals surface area contributed by atoms with Gasteiger partial charge in [-0.2, -0.15) is 0 Å². The van der Waals surface area contributed by atoms with E-state index in [4.69, 9.17) is 10.5 Å². The van der Waals surface area contributed by atoms with Gasteiger partial charge in [0.2, 0.25) is 5.91 Å². The molecule has 2 atom stereocenters. The lowest BCUT2D eigenvalue weighted by molar-refractivity contribution is -0.899. The topological polar surface area (TPSA) is 72.6 Å². The molecule has 5 nitrogen and oxygen atoms in total. The van der Waals surface area contributed by atoms with Gasteiger partial charge in [-0.15, -0.1) is 0 Å². The summed E-state index contributed by atoms with van der Waals surface area (Å²) in [6, 6.07) is 27.0. The number of primary amides is 1. The predicted octanol–water partition coefficient (Wildman–Crippen LogP) is 4.10. The Balaban J connectivity index is 1.53. The first-order valence-electron chi connectivity index (χ1n) is 11.6. The van der Waals surface area contributed by atoms with Crippen LogP contribution in [0.2, 0.25) is 0 Å². The average molecular weight is 446 g/mol. The SMILES string of the molecule is C[N+]1(CCCOc2ccccc2O)CC[C@@H](C(C(N)=O)(c2ccccc2)c2ccccc2)C1. The van der Waals surface area contributed by atoms with Crippen molar-refractivity contribution in [1.82, 2.24) is 0 Å². The molecular formula is C28H33N2O3+. The third-order valence-corrected chi connectivity index (χ3v) is 7.10. The number of amides is 1. The van der Waals surface area contributed by atoms with Gasteiger partial charge in [-0.1, -0.05) is 72.8 Å². The van der Waals surface area contributed by atoms with E-state index in [1.54, 1.807) is 18.2 Å². The van der Waals surface area contributed by atoms with Crippen molar-refractivity contribution in [2.45, 2.75) is 18.3 Å². The molecule has 1 aliphatic heterocycles. The molecule has 1 unspecified atom stereocenters. The number of hydrogen-bond donors (Lipinski definition) is 2. The molecule has 1 heterocycles. The van der Waals surface area contributed by atoms with Gasteiger partial charge in [0.25, 0.3) is 0 Å².